The number of morpholine rings is 1. The predicted molar refractivity (Wildman–Crippen MR) is 83.9 cm³/mol. The summed E-state index contributed by atoms with van der Waals surface area (Å²) in [4.78, 5) is 16.0. The van der Waals surface area contributed by atoms with E-state index in [2.05, 4.69) is 6.07 Å². The van der Waals surface area contributed by atoms with Gasteiger partial charge in [0, 0.05) is 13.1 Å². The predicted octanol–water partition coefficient (Wildman–Crippen LogP) is 1.82. The third kappa shape index (κ3) is 5.02. The summed E-state index contributed by atoms with van der Waals surface area (Å²) in [6.07, 6.45) is -0.225. The second-order valence-corrected chi connectivity index (χ2v) is 5.98. The lowest BCUT2D eigenvalue weighted by Gasteiger charge is -2.34. The number of rotatable bonds is 5. The van der Waals surface area contributed by atoms with Gasteiger partial charge in [0.1, 0.15) is 11.9 Å². The molecule has 1 aliphatic heterocycles. The van der Waals surface area contributed by atoms with Crippen molar-refractivity contribution in [2.45, 2.75) is 13.0 Å². The molecule has 1 aromatic carbocycles. The Bertz CT molecular complexity index is 570. The van der Waals surface area contributed by atoms with Gasteiger partial charge in [-0.25, -0.2) is 4.39 Å². The average molecular weight is 319 g/mol. The molecule has 1 amide bonds. The zero-order valence-corrected chi connectivity index (χ0v) is 13.5. The van der Waals surface area contributed by atoms with Crippen molar-refractivity contribution in [2.24, 2.45) is 5.92 Å². The number of ether oxygens (including phenoxy) is 1. The molecular weight excluding hydrogens is 297 g/mol. The molecule has 6 heteroatoms. The van der Waals surface area contributed by atoms with Crippen molar-refractivity contribution < 1.29 is 13.9 Å². The minimum absolute atomic E-state index is 0.0213. The molecule has 2 unspecified atom stereocenters. The van der Waals surface area contributed by atoms with Crippen molar-refractivity contribution in [1.82, 2.24) is 9.80 Å². The number of hydrogen-bond donors (Lipinski definition) is 0. The lowest BCUT2D eigenvalue weighted by atomic mass is 10.1. The summed E-state index contributed by atoms with van der Waals surface area (Å²) in [5.41, 5.74) is 0.871. The molecule has 2 atom stereocenters. The van der Waals surface area contributed by atoms with Crippen LogP contribution >= 0.6 is 0 Å². The van der Waals surface area contributed by atoms with Crippen molar-refractivity contribution in [3.63, 3.8) is 0 Å². The van der Waals surface area contributed by atoms with Crippen LogP contribution < -0.4 is 0 Å². The highest BCUT2D eigenvalue weighted by molar-refractivity contribution is 5.78. The molecule has 23 heavy (non-hydrogen) atoms. The van der Waals surface area contributed by atoms with Crippen molar-refractivity contribution in [2.75, 3.05) is 39.8 Å². The molecule has 1 saturated heterocycles. The van der Waals surface area contributed by atoms with Gasteiger partial charge in [-0.1, -0.05) is 12.1 Å². The molecule has 124 valence electrons. The van der Waals surface area contributed by atoms with E-state index in [1.165, 1.54) is 12.1 Å². The minimum Gasteiger partial charge on any atom is -0.370 e. The van der Waals surface area contributed by atoms with Crippen LogP contribution in [0.3, 0.4) is 0 Å². The van der Waals surface area contributed by atoms with Crippen LogP contribution in [0.2, 0.25) is 0 Å². The number of amides is 1. The molecule has 0 bridgehead atoms. The fraction of sp³-hybridized carbons (Fsp3) is 0.529. The molecule has 1 aliphatic rings. The number of nitrogens with zero attached hydrogens (tertiary/aromatic N) is 3. The van der Waals surface area contributed by atoms with Crippen LogP contribution in [-0.4, -0.2) is 55.5 Å². The fourth-order valence-corrected chi connectivity index (χ4v) is 2.66. The van der Waals surface area contributed by atoms with E-state index in [1.54, 1.807) is 17.0 Å². The third-order valence-electron chi connectivity index (χ3n) is 3.87. The standard InChI is InChI=1S/C17H22FN3O2/c1-13(9-19)10-20(2)12-17(22)21-7-8-23-16(11-21)14-3-5-15(18)6-4-14/h3-6,13,16H,7-8,10-12H2,1-2H3. The van der Waals surface area contributed by atoms with Gasteiger partial charge >= 0.3 is 0 Å². The van der Waals surface area contributed by atoms with E-state index in [9.17, 15) is 9.18 Å². The first-order chi connectivity index (χ1) is 11.0. The first-order valence-corrected chi connectivity index (χ1v) is 7.72. The molecule has 0 saturated carbocycles. The summed E-state index contributed by atoms with van der Waals surface area (Å²) in [5, 5.41) is 8.83. The van der Waals surface area contributed by atoms with Crippen LogP contribution in [0.4, 0.5) is 4.39 Å². The number of hydrogen-bond acceptors (Lipinski definition) is 4. The fourth-order valence-electron chi connectivity index (χ4n) is 2.66. The molecule has 5 nitrogen and oxygen atoms in total. The molecule has 0 N–H and O–H groups in total. The SMILES string of the molecule is CC(C#N)CN(C)CC(=O)N1CCOC(c2ccc(F)cc2)C1. The van der Waals surface area contributed by atoms with Gasteiger partial charge in [-0.3, -0.25) is 9.69 Å². The quantitative estimate of drug-likeness (QED) is 0.831. The second kappa shape index (κ2) is 8.04. The summed E-state index contributed by atoms with van der Waals surface area (Å²) in [7, 11) is 1.84. The van der Waals surface area contributed by atoms with Crippen molar-refractivity contribution in [3.05, 3.63) is 35.6 Å². The van der Waals surface area contributed by atoms with Gasteiger partial charge in [0.25, 0.3) is 0 Å². The number of carbonyl (C=O) groups is 1. The van der Waals surface area contributed by atoms with Gasteiger partial charge in [0.05, 0.1) is 31.7 Å². The largest absolute Gasteiger partial charge is 0.370 e. The number of carbonyl (C=O) groups excluding carboxylic acids is 1. The van der Waals surface area contributed by atoms with Gasteiger partial charge in [-0.05, 0) is 31.7 Å². The van der Waals surface area contributed by atoms with E-state index in [1.807, 2.05) is 18.9 Å². The molecular formula is C17H22FN3O2. The van der Waals surface area contributed by atoms with Crippen LogP contribution in [0.5, 0.6) is 0 Å². The molecule has 0 aliphatic carbocycles. The van der Waals surface area contributed by atoms with Crippen LogP contribution in [-0.2, 0) is 9.53 Å². The Morgan fingerprint density at radius 3 is 2.87 bits per heavy atom. The van der Waals surface area contributed by atoms with E-state index in [-0.39, 0.29) is 30.3 Å². The lowest BCUT2D eigenvalue weighted by Crippen LogP contribution is -2.46. The molecule has 0 spiro atoms. The van der Waals surface area contributed by atoms with E-state index in [0.29, 0.717) is 26.2 Å². The topological polar surface area (TPSA) is 56.6 Å². The zero-order chi connectivity index (χ0) is 16.8. The highest BCUT2D eigenvalue weighted by Crippen LogP contribution is 2.22. The van der Waals surface area contributed by atoms with Crippen LogP contribution in [0.25, 0.3) is 0 Å². The number of nitriles is 1. The molecule has 1 aromatic rings. The maximum absolute atomic E-state index is 13.0. The zero-order valence-electron chi connectivity index (χ0n) is 13.5. The van der Waals surface area contributed by atoms with Crippen LogP contribution in [0.1, 0.15) is 18.6 Å². The summed E-state index contributed by atoms with van der Waals surface area (Å²) < 4.78 is 18.7. The Hall–Kier alpha value is -1.97. The Morgan fingerprint density at radius 2 is 2.22 bits per heavy atom. The van der Waals surface area contributed by atoms with Gasteiger partial charge in [0.15, 0.2) is 0 Å². The average Bonchev–Trinajstić information content (AvgIpc) is 2.55. The van der Waals surface area contributed by atoms with Gasteiger partial charge in [-0.2, -0.15) is 5.26 Å². The molecule has 1 fully saturated rings. The second-order valence-electron chi connectivity index (χ2n) is 5.98. The lowest BCUT2D eigenvalue weighted by molar-refractivity contribution is -0.140. The van der Waals surface area contributed by atoms with Crippen molar-refractivity contribution in [3.8, 4) is 6.07 Å². The van der Waals surface area contributed by atoms with E-state index >= 15 is 0 Å². The molecule has 1 heterocycles. The van der Waals surface area contributed by atoms with Gasteiger partial charge in [0.2, 0.25) is 5.91 Å². The highest BCUT2D eigenvalue weighted by Gasteiger charge is 2.26. The number of benzene rings is 1. The number of halogens is 1. The Labute approximate surface area is 136 Å². The van der Waals surface area contributed by atoms with E-state index < -0.39 is 0 Å². The number of likely N-dealkylation sites (N-methyl/N-ethyl adjacent to an activating group) is 1. The Morgan fingerprint density at radius 1 is 1.52 bits per heavy atom. The first kappa shape index (κ1) is 17.4. The van der Waals surface area contributed by atoms with Crippen molar-refractivity contribution in [1.29, 1.82) is 5.26 Å². The summed E-state index contributed by atoms with van der Waals surface area (Å²) in [6.45, 7) is 4.16. The van der Waals surface area contributed by atoms with Gasteiger partial charge in [-0.15, -0.1) is 0 Å². The first-order valence-electron chi connectivity index (χ1n) is 7.72. The van der Waals surface area contributed by atoms with E-state index in [4.69, 9.17) is 10.00 Å². The molecule has 0 aromatic heterocycles. The molecule has 2 rings (SSSR count). The highest BCUT2D eigenvalue weighted by atomic mass is 19.1. The maximum Gasteiger partial charge on any atom is 0.236 e. The summed E-state index contributed by atoms with van der Waals surface area (Å²) in [6, 6.07) is 8.34. The van der Waals surface area contributed by atoms with Crippen molar-refractivity contribution >= 4 is 5.91 Å². The minimum atomic E-state index is -0.286. The maximum atomic E-state index is 13.0. The summed E-state index contributed by atoms with van der Waals surface area (Å²) in [5.74, 6) is -0.372. The van der Waals surface area contributed by atoms with Gasteiger partial charge < -0.3 is 9.64 Å². The monoisotopic (exact) mass is 319 g/mol. The third-order valence-corrected chi connectivity index (χ3v) is 3.87. The Kier molecular flexibility index (Phi) is 6.08. The summed E-state index contributed by atoms with van der Waals surface area (Å²) >= 11 is 0. The smallest absolute Gasteiger partial charge is 0.236 e. The normalized spacial score (nSPS) is 19.4. The van der Waals surface area contributed by atoms with Crippen LogP contribution in [0, 0.1) is 23.1 Å². The van der Waals surface area contributed by atoms with E-state index in [0.717, 1.165) is 5.56 Å². The Balaban J connectivity index is 1.91. The van der Waals surface area contributed by atoms with Crippen LogP contribution in [0.15, 0.2) is 24.3 Å². The molecule has 0 radical (unpaired) electrons.